The summed E-state index contributed by atoms with van der Waals surface area (Å²) in [5, 5.41) is 37.0. The van der Waals surface area contributed by atoms with Gasteiger partial charge in [-0.05, 0) is 87.5 Å². The van der Waals surface area contributed by atoms with Crippen molar-refractivity contribution in [3.63, 3.8) is 0 Å². The molecule has 0 bridgehead atoms. The van der Waals surface area contributed by atoms with Crippen molar-refractivity contribution in [3.8, 4) is 0 Å². The molecule has 1 rings (SSSR count). The monoisotopic (exact) mass is 1270 g/mol. The number of carbonyl (C=O) groups excluding carboxylic acids is 12. The van der Waals surface area contributed by atoms with Gasteiger partial charge in [0.1, 0.15) is 65.1 Å². The molecule has 4 unspecified atom stereocenters. The molecule has 0 spiro atoms. The van der Waals surface area contributed by atoms with Gasteiger partial charge < -0.3 is 72.5 Å². The lowest BCUT2D eigenvalue weighted by molar-refractivity contribution is -0.170. The van der Waals surface area contributed by atoms with E-state index < -0.39 is 147 Å². The third-order valence-corrected chi connectivity index (χ3v) is 10.7. The zero-order chi connectivity index (χ0) is 68.1. The maximum absolute atomic E-state index is 12.9. The highest BCUT2D eigenvalue weighted by Gasteiger charge is 2.35. The molecule has 0 radical (unpaired) electrons. The van der Waals surface area contributed by atoms with Crippen molar-refractivity contribution < 1.29 is 140 Å². The Balaban J connectivity index is -0.00000154. The van der Waals surface area contributed by atoms with Crippen LogP contribution in [0.2, 0.25) is 0 Å². The van der Waals surface area contributed by atoms with Crippen LogP contribution < -0.4 is 0 Å². The highest BCUT2D eigenvalue weighted by molar-refractivity contribution is 5.91. The summed E-state index contributed by atoms with van der Waals surface area (Å²) in [5.74, 6) is -10.9. The van der Waals surface area contributed by atoms with E-state index in [1.807, 2.05) is 0 Å². The van der Waals surface area contributed by atoms with Crippen LogP contribution in [-0.2, 0) is 119 Å². The highest BCUT2D eigenvalue weighted by Crippen LogP contribution is 2.28. The molecule has 0 aromatic carbocycles. The fraction of sp³-hybridized carbons (Fsp3) is 0.567. The van der Waals surface area contributed by atoms with E-state index in [0.717, 1.165) is 0 Å². The largest absolute Gasteiger partial charge is 0.481 e. The van der Waals surface area contributed by atoms with Gasteiger partial charge in [0.2, 0.25) is 0 Å². The zero-order valence-electron chi connectivity index (χ0n) is 51.0. The Kier molecular flexibility index (Phi) is 41.4. The van der Waals surface area contributed by atoms with Gasteiger partial charge >= 0.3 is 83.6 Å². The SMILES string of the molecule is C.C=C(C)C(=O)OCC(COC(=O)C(=C)CC(C)(C)C(=O)OCC(COC(=O)C(=C)C)OC(=O)CCCC(=O)O)OC(=O)CCCC(=O)O.C=C(C)C(=O)OCC(O)COC(=O)C(=C)CC(C)(C)C(=O)OCC(O)COC(=O)C(=C)C.O=C1CCCC(=O)O1. The molecular weight excluding hydrogens is 1180 g/mol. The van der Waals surface area contributed by atoms with Crippen molar-refractivity contribution in [2.75, 3.05) is 52.9 Å². The number of carboxylic acid groups (broad SMARTS) is 2. The van der Waals surface area contributed by atoms with Crippen LogP contribution in [0.1, 0.15) is 133 Å². The van der Waals surface area contributed by atoms with Crippen LogP contribution in [-0.4, -0.2) is 181 Å². The van der Waals surface area contributed by atoms with Crippen LogP contribution in [0.25, 0.3) is 0 Å². The molecule has 1 saturated heterocycles. The van der Waals surface area contributed by atoms with Gasteiger partial charge in [0.05, 0.1) is 10.8 Å². The molecule has 1 fully saturated rings. The van der Waals surface area contributed by atoms with Crippen molar-refractivity contribution in [1.29, 1.82) is 0 Å². The van der Waals surface area contributed by atoms with Gasteiger partial charge in [-0.15, -0.1) is 0 Å². The predicted octanol–water partition coefficient (Wildman–Crippen LogP) is 4.50. The normalized spacial score (nSPS) is 12.8. The maximum Gasteiger partial charge on any atom is 0.333 e. The number of aliphatic hydroxyl groups excluding tert-OH is 2. The Bertz CT molecular complexity index is 2570. The zero-order valence-corrected chi connectivity index (χ0v) is 51.0. The number of esters is 12. The predicted molar refractivity (Wildman–Crippen MR) is 308 cm³/mol. The van der Waals surface area contributed by atoms with E-state index >= 15 is 0 Å². The minimum absolute atomic E-state index is 0. The molecule has 1 heterocycles. The number of carboxylic acids is 2. The van der Waals surface area contributed by atoms with Crippen LogP contribution in [0.3, 0.4) is 0 Å². The molecule has 0 aromatic heterocycles. The summed E-state index contributed by atoms with van der Waals surface area (Å²) >= 11 is 0. The van der Waals surface area contributed by atoms with Crippen LogP contribution >= 0.6 is 0 Å². The molecule has 29 nitrogen and oxygen atoms in total. The van der Waals surface area contributed by atoms with Crippen LogP contribution in [0.15, 0.2) is 72.9 Å². The molecule has 29 heteroatoms. The highest BCUT2D eigenvalue weighted by atomic mass is 16.6. The quantitative estimate of drug-likeness (QED) is 0.0286. The minimum atomic E-state index is -1.38. The molecule has 0 saturated carbocycles. The van der Waals surface area contributed by atoms with Crippen molar-refractivity contribution in [1.82, 2.24) is 0 Å². The van der Waals surface area contributed by atoms with Gasteiger partial charge in [-0.25, -0.2) is 28.8 Å². The lowest BCUT2D eigenvalue weighted by atomic mass is 9.86. The molecule has 89 heavy (non-hydrogen) atoms. The molecule has 4 atom stereocenters. The van der Waals surface area contributed by atoms with Crippen molar-refractivity contribution in [3.05, 3.63) is 72.9 Å². The van der Waals surface area contributed by atoms with E-state index in [1.54, 1.807) is 0 Å². The Hall–Kier alpha value is -8.86. The Labute approximate surface area is 516 Å². The molecular formula is C60H86O29. The first-order valence-corrected chi connectivity index (χ1v) is 27.0. The average molecular weight is 1270 g/mol. The fourth-order valence-electron chi connectivity index (χ4n) is 6.00. The van der Waals surface area contributed by atoms with Gasteiger partial charge in [0.25, 0.3) is 0 Å². The first-order valence-electron chi connectivity index (χ1n) is 27.0. The van der Waals surface area contributed by atoms with Gasteiger partial charge in [-0.3, -0.25) is 38.4 Å². The molecule has 1 aliphatic heterocycles. The number of cyclic esters (lactones) is 2. The van der Waals surface area contributed by atoms with Gasteiger partial charge in [-0.2, -0.15) is 0 Å². The van der Waals surface area contributed by atoms with Gasteiger partial charge in [0.15, 0.2) is 12.2 Å². The van der Waals surface area contributed by atoms with Crippen molar-refractivity contribution >= 4 is 83.6 Å². The number of aliphatic hydroxyl groups is 2. The minimum Gasteiger partial charge on any atom is -0.481 e. The van der Waals surface area contributed by atoms with E-state index in [0.29, 0.717) is 19.3 Å². The number of rotatable bonds is 38. The van der Waals surface area contributed by atoms with E-state index in [9.17, 15) is 77.3 Å². The summed E-state index contributed by atoms with van der Waals surface area (Å²) in [6, 6.07) is 0. The lowest BCUT2D eigenvalue weighted by Gasteiger charge is -2.25. The van der Waals surface area contributed by atoms with Gasteiger partial charge in [0, 0.05) is 72.0 Å². The molecule has 1 aliphatic rings. The number of carbonyl (C=O) groups is 14. The smallest absolute Gasteiger partial charge is 0.333 e. The summed E-state index contributed by atoms with van der Waals surface area (Å²) in [5.41, 5.74) is -2.33. The lowest BCUT2D eigenvalue weighted by Crippen LogP contribution is -2.35. The molecule has 500 valence electrons. The summed E-state index contributed by atoms with van der Waals surface area (Å²) in [6.45, 7) is 28.7. The van der Waals surface area contributed by atoms with E-state index in [2.05, 4.69) is 44.2 Å². The van der Waals surface area contributed by atoms with E-state index in [-0.39, 0.29) is 117 Å². The topological polar surface area (TPSA) is 421 Å². The van der Waals surface area contributed by atoms with Gasteiger partial charge in [-0.1, -0.05) is 46.9 Å². The van der Waals surface area contributed by atoms with E-state index in [1.165, 1.54) is 55.4 Å². The Morgan fingerprint density at radius 3 is 0.978 bits per heavy atom. The number of hydrogen-bond donors (Lipinski definition) is 4. The summed E-state index contributed by atoms with van der Waals surface area (Å²) in [4.78, 5) is 162. The van der Waals surface area contributed by atoms with E-state index in [4.69, 9.17) is 57.6 Å². The molecule has 0 amide bonds. The first kappa shape index (κ1) is 84.3. The first-order chi connectivity index (χ1) is 40.7. The Morgan fingerprint density at radius 1 is 0.438 bits per heavy atom. The maximum atomic E-state index is 12.9. The van der Waals surface area contributed by atoms with Crippen molar-refractivity contribution in [2.24, 2.45) is 10.8 Å². The van der Waals surface area contributed by atoms with Crippen molar-refractivity contribution in [2.45, 2.75) is 158 Å². The second-order valence-electron chi connectivity index (χ2n) is 21.0. The molecule has 0 aromatic rings. The second kappa shape index (κ2) is 43.7. The third-order valence-electron chi connectivity index (χ3n) is 10.7. The van der Waals surface area contributed by atoms with Crippen LogP contribution in [0.4, 0.5) is 0 Å². The summed E-state index contributed by atoms with van der Waals surface area (Å²) < 4.78 is 54.4. The standard InChI is InChI=1S/C32H44O16.C22H32O10.C5H6O3.CH4/c1-19(2)28(39)43-15-22(47-26(37)12-8-10-24(33)34)17-45-30(41)21(5)14-32(6,7)31(42)46-18-23(16-44-29(40)20(3)4)48-27(38)13-9-11-25(35)36;1-13(2)18(25)29-9-16(23)11-31-20(27)15(5)8-22(6,7)21(28)32-12-17(24)10-30-19(26)14(3)4;6-4-2-1-3-5(7)8-4;/h22-23H,1,3,5,8-18H2,2,4,6-7H3,(H,33,34)(H,35,36);16-17,23-24H,1,3,5,8-12H2,2,4,6-7H3;1-3H2;1H4. The van der Waals surface area contributed by atoms with Crippen LogP contribution in [0, 0.1) is 10.8 Å². The molecule has 0 aliphatic carbocycles. The average Bonchev–Trinajstić information content (AvgIpc) is 3.41. The molecule has 4 N–H and O–H groups in total. The van der Waals surface area contributed by atoms with Crippen LogP contribution in [0.5, 0.6) is 0 Å². The Morgan fingerprint density at radius 2 is 0.697 bits per heavy atom. The summed E-state index contributed by atoms with van der Waals surface area (Å²) in [7, 11) is 0. The number of ether oxygens (including phenoxy) is 11. The number of aliphatic carboxylic acids is 2. The fourth-order valence-corrected chi connectivity index (χ4v) is 6.00. The second-order valence-corrected chi connectivity index (χ2v) is 21.0. The summed E-state index contributed by atoms with van der Waals surface area (Å²) in [6.07, 6.45) is -4.99. The number of hydrogen-bond acceptors (Lipinski definition) is 27. The third kappa shape index (κ3) is 41.0.